The number of nitrogens with zero attached hydrogens (tertiary/aromatic N) is 3. The van der Waals surface area contributed by atoms with Gasteiger partial charge in [0.1, 0.15) is 5.75 Å². The lowest BCUT2D eigenvalue weighted by atomic mass is 10.1. The van der Waals surface area contributed by atoms with Gasteiger partial charge in [-0.25, -0.2) is 4.98 Å². The highest BCUT2D eigenvalue weighted by Crippen LogP contribution is 2.27. The lowest BCUT2D eigenvalue weighted by Gasteiger charge is -2.26. The average Bonchev–Trinajstić information content (AvgIpc) is 2.92. The van der Waals surface area contributed by atoms with Gasteiger partial charge in [0.05, 0.1) is 23.7 Å². The van der Waals surface area contributed by atoms with Gasteiger partial charge in [-0.15, -0.1) is 0 Å². The maximum atomic E-state index is 13.7. The van der Waals surface area contributed by atoms with Crippen LogP contribution in [0, 0.1) is 0 Å². The van der Waals surface area contributed by atoms with Crippen LogP contribution in [0.2, 0.25) is 5.02 Å². The van der Waals surface area contributed by atoms with Gasteiger partial charge in [0, 0.05) is 29.4 Å². The predicted molar refractivity (Wildman–Crippen MR) is 145 cm³/mol. The second-order valence-corrected chi connectivity index (χ2v) is 10.1. The van der Waals surface area contributed by atoms with E-state index in [0.717, 1.165) is 37.9 Å². The van der Waals surface area contributed by atoms with E-state index in [1.807, 2.05) is 53.4 Å². The molecule has 1 fully saturated rings. The Bertz CT molecular complexity index is 1460. The molecule has 5 rings (SSSR count). The fourth-order valence-corrected chi connectivity index (χ4v) is 5.58. The molecule has 0 radical (unpaired) electrons. The molecule has 1 aromatic heterocycles. The Morgan fingerprint density at radius 3 is 2.53 bits per heavy atom. The number of likely N-dealkylation sites (tertiary alicyclic amines) is 1. The van der Waals surface area contributed by atoms with Crippen LogP contribution in [-0.4, -0.2) is 40.6 Å². The summed E-state index contributed by atoms with van der Waals surface area (Å²) in [5, 5.41) is 1.67. The van der Waals surface area contributed by atoms with E-state index >= 15 is 0 Å². The van der Waals surface area contributed by atoms with Crippen LogP contribution in [0.3, 0.4) is 0 Å². The first kappa shape index (κ1) is 24.4. The van der Waals surface area contributed by atoms with Crippen LogP contribution in [0.5, 0.6) is 5.75 Å². The van der Waals surface area contributed by atoms with Crippen molar-refractivity contribution in [1.29, 1.82) is 0 Å². The zero-order chi connectivity index (χ0) is 25.1. The summed E-state index contributed by atoms with van der Waals surface area (Å²) in [6.07, 6.45) is 3.20. The van der Waals surface area contributed by atoms with Crippen molar-refractivity contribution in [3.8, 4) is 11.4 Å². The monoisotopic (exact) mass is 519 g/mol. The molecule has 0 bridgehead atoms. The number of rotatable bonds is 6. The van der Waals surface area contributed by atoms with Gasteiger partial charge in [-0.1, -0.05) is 35.5 Å². The molecule has 184 valence electrons. The minimum absolute atomic E-state index is 0.00846. The summed E-state index contributed by atoms with van der Waals surface area (Å²) >= 11 is 7.62. The maximum absolute atomic E-state index is 13.7. The highest BCUT2D eigenvalue weighted by atomic mass is 35.5. The van der Waals surface area contributed by atoms with E-state index in [0.29, 0.717) is 43.8 Å². The molecule has 1 saturated heterocycles. The summed E-state index contributed by atoms with van der Waals surface area (Å²) in [4.78, 5) is 33.6. The Morgan fingerprint density at radius 2 is 1.81 bits per heavy atom. The van der Waals surface area contributed by atoms with Crippen LogP contribution < -0.4 is 10.3 Å². The predicted octanol–water partition coefficient (Wildman–Crippen LogP) is 5.97. The number of benzene rings is 3. The first-order valence-corrected chi connectivity index (χ1v) is 13.3. The molecule has 6 nitrogen and oxygen atoms in total. The van der Waals surface area contributed by atoms with Gasteiger partial charge in [-0.05, 0) is 79.4 Å². The zero-order valence-electron chi connectivity index (χ0n) is 19.9. The standard InChI is InChI=1S/C28H26ClN3O3S/c1-35-23-11-9-22(10-12-23)32-27(34)24-13-8-20(26(33)31-14-3-2-4-15-31)17-25(24)30-28(32)36-18-19-6-5-7-21(29)16-19/h5-13,16-17H,2-4,14-15,18H2,1H3. The van der Waals surface area contributed by atoms with Crippen molar-refractivity contribution in [2.24, 2.45) is 0 Å². The average molecular weight is 520 g/mol. The highest BCUT2D eigenvalue weighted by Gasteiger charge is 2.20. The molecule has 4 aromatic rings. The van der Waals surface area contributed by atoms with Gasteiger partial charge < -0.3 is 9.64 Å². The van der Waals surface area contributed by atoms with Gasteiger partial charge >= 0.3 is 0 Å². The minimum atomic E-state index is -0.185. The van der Waals surface area contributed by atoms with Crippen LogP contribution in [0.15, 0.2) is 76.7 Å². The third-order valence-electron chi connectivity index (χ3n) is 6.32. The number of thioether (sulfide) groups is 1. The fourth-order valence-electron chi connectivity index (χ4n) is 4.41. The van der Waals surface area contributed by atoms with Crippen molar-refractivity contribution in [3.63, 3.8) is 0 Å². The minimum Gasteiger partial charge on any atom is -0.497 e. The Labute approximate surface area is 218 Å². The zero-order valence-corrected chi connectivity index (χ0v) is 21.5. The van der Waals surface area contributed by atoms with Crippen molar-refractivity contribution in [2.75, 3.05) is 20.2 Å². The lowest BCUT2D eigenvalue weighted by Crippen LogP contribution is -2.35. The van der Waals surface area contributed by atoms with E-state index in [-0.39, 0.29) is 11.5 Å². The molecule has 1 aliphatic rings. The number of ether oxygens (including phenoxy) is 1. The third-order valence-corrected chi connectivity index (χ3v) is 7.56. The fraction of sp³-hybridized carbons (Fsp3) is 0.250. The molecule has 36 heavy (non-hydrogen) atoms. The van der Waals surface area contributed by atoms with Crippen molar-refractivity contribution in [1.82, 2.24) is 14.5 Å². The molecule has 0 saturated carbocycles. The number of piperidine rings is 1. The first-order valence-electron chi connectivity index (χ1n) is 11.9. The van der Waals surface area contributed by atoms with Crippen LogP contribution in [0.1, 0.15) is 35.2 Å². The summed E-state index contributed by atoms with van der Waals surface area (Å²) in [7, 11) is 1.60. The number of aromatic nitrogens is 2. The van der Waals surface area contributed by atoms with Gasteiger partial charge in [-0.3, -0.25) is 14.2 Å². The molecule has 0 aliphatic carbocycles. The summed E-state index contributed by atoms with van der Waals surface area (Å²) < 4.78 is 6.90. The number of amides is 1. The molecule has 1 aliphatic heterocycles. The SMILES string of the molecule is COc1ccc(-n2c(SCc3cccc(Cl)c3)nc3cc(C(=O)N4CCCCC4)ccc3c2=O)cc1. The van der Waals surface area contributed by atoms with Crippen molar-refractivity contribution in [3.05, 3.63) is 93.2 Å². The highest BCUT2D eigenvalue weighted by molar-refractivity contribution is 7.98. The Balaban J connectivity index is 1.58. The van der Waals surface area contributed by atoms with Crippen LogP contribution in [-0.2, 0) is 5.75 Å². The number of hydrogen-bond acceptors (Lipinski definition) is 5. The van der Waals surface area contributed by atoms with Crippen LogP contribution >= 0.6 is 23.4 Å². The summed E-state index contributed by atoms with van der Waals surface area (Å²) in [5.74, 6) is 1.28. The first-order chi connectivity index (χ1) is 17.5. The lowest BCUT2D eigenvalue weighted by molar-refractivity contribution is 0.0724. The van der Waals surface area contributed by atoms with E-state index in [1.54, 1.807) is 29.9 Å². The molecular weight excluding hydrogens is 494 g/mol. The molecule has 1 amide bonds. The van der Waals surface area contributed by atoms with E-state index in [4.69, 9.17) is 21.3 Å². The third kappa shape index (κ3) is 5.13. The molecule has 0 atom stereocenters. The van der Waals surface area contributed by atoms with Crippen LogP contribution in [0.25, 0.3) is 16.6 Å². The summed E-state index contributed by atoms with van der Waals surface area (Å²) in [6, 6.07) is 20.1. The number of methoxy groups -OCH3 is 1. The van der Waals surface area contributed by atoms with Gasteiger partial charge in [0.15, 0.2) is 5.16 Å². The number of halogens is 1. The summed E-state index contributed by atoms with van der Waals surface area (Å²) in [5.41, 5.74) is 2.61. The molecule has 0 unspecified atom stereocenters. The molecule has 3 aromatic carbocycles. The molecule has 0 N–H and O–H groups in total. The molecule has 2 heterocycles. The molecular formula is C28H26ClN3O3S. The van der Waals surface area contributed by atoms with E-state index in [1.165, 1.54) is 11.8 Å². The number of hydrogen-bond donors (Lipinski definition) is 0. The Hall–Kier alpha value is -3.29. The topological polar surface area (TPSA) is 64.4 Å². The normalized spacial score (nSPS) is 13.7. The second-order valence-electron chi connectivity index (χ2n) is 8.74. The number of fused-ring (bicyclic) bond motifs is 1. The van der Waals surface area contributed by atoms with Crippen LogP contribution in [0.4, 0.5) is 0 Å². The van der Waals surface area contributed by atoms with E-state index < -0.39 is 0 Å². The van der Waals surface area contributed by atoms with E-state index in [2.05, 4.69) is 0 Å². The second kappa shape index (κ2) is 10.8. The van der Waals surface area contributed by atoms with Crippen molar-refractivity contribution in [2.45, 2.75) is 30.2 Å². The Kier molecular flexibility index (Phi) is 7.30. The van der Waals surface area contributed by atoms with Crippen molar-refractivity contribution >= 4 is 40.2 Å². The maximum Gasteiger partial charge on any atom is 0.266 e. The van der Waals surface area contributed by atoms with Gasteiger partial charge in [0.25, 0.3) is 11.5 Å². The largest absolute Gasteiger partial charge is 0.497 e. The quantitative estimate of drug-likeness (QED) is 0.232. The van der Waals surface area contributed by atoms with Crippen molar-refractivity contribution < 1.29 is 9.53 Å². The van der Waals surface area contributed by atoms with E-state index in [9.17, 15) is 9.59 Å². The molecule has 8 heteroatoms. The Morgan fingerprint density at radius 1 is 1.03 bits per heavy atom. The summed E-state index contributed by atoms with van der Waals surface area (Å²) in [6.45, 7) is 1.54. The molecule has 0 spiro atoms. The number of carbonyl (C=O) groups is 1. The number of carbonyl (C=O) groups excluding carboxylic acids is 1. The smallest absolute Gasteiger partial charge is 0.266 e. The van der Waals surface area contributed by atoms with Gasteiger partial charge in [-0.2, -0.15) is 0 Å². The van der Waals surface area contributed by atoms with Gasteiger partial charge in [0.2, 0.25) is 0 Å².